The summed E-state index contributed by atoms with van der Waals surface area (Å²) in [6.45, 7) is 2.33. The third kappa shape index (κ3) is 4.05. The Morgan fingerprint density at radius 1 is 1.40 bits per heavy atom. The summed E-state index contributed by atoms with van der Waals surface area (Å²) in [6, 6.07) is 8.12. The van der Waals surface area contributed by atoms with Crippen LogP contribution in [0.4, 0.5) is 5.13 Å². The van der Waals surface area contributed by atoms with Crippen molar-refractivity contribution in [3.63, 3.8) is 0 Å². The van der Waals surface area contributed by atoms with E-state index in [1.165, 1.54) is 17.8 Å². The van der Waals surface area contributed by atoms with E-state index in [1.54, 1.807) is 6.20 Å². The van der Waals surface area contributed by atoms with E-state index in [-0.39, 0.29) is 5.91 Å². The van der Waals surface area contributed by atoms with Gasteiger partial charge in [0.15, 0.2) is 5.13 Å². The van der Waals surface area contributed by atoms with Crippen LogP contribution < -0.4 is 5.32 Å². The number of hydrogen-bond donors (Lipinski definition) is 2. The maximum Gasteiger partial charge on any atom is 0.240 e. The van der Waals surface area contributed by atoms with Crippen LogP contribution >= 0.6 is 11.3 Å². The van der Waals surface area contributed by atoms with Crippen molar-refractivity contribution in [2.45, 2.75) is 19.3 Å². The van der Waals surface area contributed by atoms with Gasteiger partial charge in [-0.1, -0.05) is 12.1 Å². The van der Waals surface area contributed by atoms with Gasteiger partial charge in [0, 0.05) is 24.5 Å². The molecular formula is C18H21N5OS. The Kier molecular flexibility index (Phi) is 4.76. The number of nitrogens with one attached hydrogen (secondary N) is 2. The molecular weight excluding hydrogens is 334 g/mol. The minimum Gasteiger partial charge on any atom is -0.342 e. The first-order chi connectivity index (χ1) is 12.3. The third-order valence-corrected chi connectivity index (χ3v) is 5.26. The van der Waals surface area contributed by atoms with Crippen molar-refractivity contribution in [3.05, 3.63) is 41.7 Å². The predicted molar refractivity (Wildman–Crippen MR) is 99.7 cm³/mol. The van der Waals surface area contributed by atoms with E-state index in [4.69, 9.17) is 0 Å². The Labute approximate surface area is 150 Å². The number of para-hydroxylation sites is 2. The van der Waals surface area contributed by atoms with Gasteiger partial charge < -0.3 is 10.3 Å². The molecule has 7 heteroatoms. The van der Waals surface area contributed by atoms with E-state index < -0.39 is 0 Å². The first-order valence-electron chi connectivity index (χ1n) is 8.61. The third-order valence-electron chi connectivity index (χ3n) is 4.57. The lowest BCUT2D eigenvalue weighted by Crippen LogP contribution is -2.41. The van der Waals surface area contributed by atoms with E-state index in [1.807, 2.05) is 23.6 Å². The van der Waals surface area contributed by atoms with Crippen molar-refractivity contribution in [1.82, 2.24) is 19.9 Å². The lowest BCUT2D eigenvalue weighted by atomic mass is 9.94. The maximum atomic E-state index is 12.2. The molecule has 0 unspecified atom stereocenters. The van der Waals surface area contributed by atoms with Gasteiger partial charge in [0.05, 0.1) is 17.6 Å². The second kappa shape index (κ2) is 7.33. The highest BCUT2D eigenvalue weighted by Crippen LogP contribution is 2.21. The van der Waals surface area contributed by atoms with Crippen LogP contribution in [0.15, 0.2) is 35.8 Å². The summed E-state index contributed by atoms with van der Waals surface area (Å²) in [6.07, 6.45) is 4.93. The van der Waals surface area contributed by atoms with Gasteiger partial charge in [0.2, 0.25) is 5.91 Å². The van der Waals surface area contributed by atoms with Crippen LogP contribution in [0.3, 0.4) is 0 Å². The number of imidazole rings is 1. The van der Waals surface area contributed by atoms with Gasteiger partial charge in [-0.2, -0.15) is 0 Å². The molecule has 1 fully saturated rings. The average molecular weight is 355 g/mol. The number of benzene rings is 1. The van der Waals surface area contributed by atoms with Crippen LogP contribution in [0, 0.1) is 5.92 Å². The molecule has 1 aliphatic heterocycles. The van der Waals surface area contributed by atoms with Crippen LogP contribution in [0.2, 0.25) is 0 Å². The average Bonchev–Trinajstić information content (AvgIpc) is 3.23. The lowest BCUT2D eigenvalue weighted by Gasteiger charge is -2.31. The fraction of sp³-hybridized carbons (Fsp3) is 0.389. The van der Waals surface area contributed by atoms with Crippen molar-refractivity contribution in [3.8, 4) is 0 Å². The zero-order chi connectivity index (χ0) is 17.1. The number of carbonyl (C=O) groups excluding carboxylic acids is 1. The molecule has 6 nitrogen and oxygen atoms in total. The van der Waals surface area contributed by atoms with E-state index in [9.17, 15) is 4.79 Å². The molecule has 1 atom stereocenters. The number of aromatic nitrogens is 3. The summed E-state index contributed by atoms with van der Waals surface area (Å²) >= 11 is 1.44. The minimum absolute atomic E-state index is 0.0133. The van der Waals surface area contributed by atoms with Crippen molar-refractivity contribution in [2.24, 2.45) is 5.92 Å². The molecule has 2 aromatic heterocycles. The molecule has 25 heavy (non-hydrogen) atoms. The minimum atomic E-state index is 0.0133. The van der Waals surface area contributed by atoms with Crippen LogP contribution in [0.1, 0.15) is 18.7 Å². The zero-order valence-electron chi connectivity index (χ0n) is 13.9. The monoisotopic (exact) mass is 355 g/mol. The summed E-state index contributed by atoms with van der Waals surface area (Å²) in [5.41, 5.74) is 2.11. The van der Waals surface area contributed by atoms with E-state index in [0.29, 0.717) is 17.6 Å². The number of piperidine rings is 1. The Hall–Kier alpha value is -2.25. The lowest BCUT2D eigenvalue weighted by molar-refractivity contribution is -0.117. The number of rotatable bonds is 5. The van der Waals surface area contributed by atoms with Gasteiger partial charge >= 0.3 is 0 Å². The topological polar surface area (TPSA) is 73.9 Å². The van der Waals surface area contributed by atoms with Crippen molar-refractivity contribution in [1.29, 1.82) is 0 Å². The summed E-state index contributed by atoms with van der Waals surface area (Å²) in [4.78, 5) is 26.6. The fourth-order valence-corrected chi connectivity index (χ4v) is 4.03. The highest BCUT2D eigenvalue weighted by molar-refractivity contribution is 7.13. The van der Waals surface area contributed by atoms with E-state index >= 15 is 0 Å². The zero-order valence-corrected chi connectivity index (χ0v) is 14.8. The number of nitrogens with zero attached hydrogens (tertiary/aromatic N) is 3. The van der Waals surface area contributed by atoms with Crippen LogP contribution in [-0.4, -0.2) is 45.4 Å². The van der Waals surface area contributed by atoms with Crippen LogP contribution in [0.25, 0.3) is 11.0 Å². The number of hydrogen-bond acceptors (Lipinski definition) is 5. The number of carbonyl (C=O) groups is 1. The second-order valence-corrected chi connectivity index (χ2v) is 7.43. The second-order valence-electron chi connectivity index (χ2n) is 6.53. The van der Waals surface area contributed by atoms with Gasteiger partial charge in [0.1, 0.15) is 5.82 Å². The highest BCUT2D eigenvalue weighted by atomic mass is 32.1. The Bertz CT molecular complexity index is 811. The molecule has 1 aliphatic rings. The van der Waals surface area contributed by atoms with E-state index in [2.05, 4.69) is 31.2 Å². The summed E-state index contributed by atoms with van der Waals surface area (Å²) < 4.78 is 0. The van der Waals surface area contributed by atoms with Crippen molar-refractivity contribution < 1.29 is 4.79 Å². The fourth-order valence-electron chi connectivity index (χ4n) is 3.48. The van der Waals surface area contributed by atoms with Crippen LogP contribution in [-0.2, 0) is 11.2 Å². The first kappa shape index (κ1) is 16.2. The molecule has 0 aliphatic carbocycles. The number of amides is 1. The number of H-pyrrole nitrogens is 1. The van der Waals surface area contributed by atoms with E-state index in [0.717, 1.165) is 42.8 Å². The standard InChI is InChI=1S/C18H21N5OS/c24-17(22-18-19-7-9-25-18)12-23-8-3-4-13(11-23)10-16-20-14-5-1-2-6-15(14)21-16/h1-2,5-7,9,13H,3-4,8,10-12H2,(H,20,21)(H,19,22,24)/t13-/m1/s1. The smallest absolute Gasteiger partial charge is 0.240 e. The molecule has 130 valence electrons. The SMILES string of the molecule is O=C(CN1CCC[C@H](Cc2nc3ccccc3[nH]2)C1)Nc1nccs1. The Morgan fingerprint density at radius 3 is 3.16 bits per heavy atom. The number of fused-ring (bicyclic) bond motifs is 1. The summed E-state index contributed by atoms with van der Waals surface area (Å²) in [7, 11) is 0. The molecule has 0 bridgehead atoms. The highest BCUT2D eigenvalue weighted by Gasteiger charge is 2.23. The molecule has 0 spiro atoms. The molecule has 2 N–H and O–H groups in total. The molecule has 4 rings (SSSR count). The van der Waals surface area contributed by atoms with Crippen LogP contribution in [0.5, 0.6) is 0 Å². The van der Waals surface area contributed by atoms with Crippen molar-refractivity contribution in [2.75, 3.05) is 25.0 Å². The number of anilines is 1. The Morgan fingerprint density at radius 2 is 2.32 bits per heavy atom. The van der Waals surface area contributed by atoms with Gasteiger partial charge in [-0.05, 0) is 37.4 Å². The maximum absolute atomic E-state index is 12.2. The van der Waals surface area contributed by atoms with Gasteiger partial charge in [-0.3, -0.25) is 9.69 Å². The molecule has 1 saturated heterocycles. The molecule has 0 saturated carbocycles. The largest absolute Gasteiger partial charge is 0.342 e. The van der Waals surface area contributed by atoms with Gasteiger partial charge in [-0.15, -0.1) is 11.3 Å². The molecule has 3 heterocycles. The molecule has 1 amide bonds. The summed E-state index contributed by atoms with van der Waals surface area (Å²) in [5.74, 6) is 1.58. The quantitative estimate of drug-likeness (QED) is 0.738. The van der Waals surface area contributed by atoms with Gasteiger partial charge in [-0.25, -0.2) is 9.97 Å². The first-order valence-corrected chi connectivity index (χ1v) is 9.49. The molecule has 1 aromatic carbocycles. The summed E-state index contributed by atoms with van der Waals surface area (Å²) in [5, 5.41) is 5.39. The predicted octanol–water partition coefficient (Wildman–Crippen LogP) is 2.91. The van der Waals surface area contributed by atoms with Gasteiger partial charge in [0.25, 0.3) is 0 Å². The molecule has 0 radical (unpaired) electrons. The Balaban J connectivity index is 1.33. The normalized spacial score (nSPS) is 18.5. The number of aromatic amines is 1. The number of thiazole rings is 1. The molecule has 3 aromatic rings. The van der Waals surface area contributed by atoms with Crippen molar-refractivity contribution >= 4 is 33.4 Å². The number of likely N-dealkylation sites (tertiary alicyclic amines) is 1.